The highest BCUT2D eigenvalue weighted by Crippen LogP contribution is 2.34. The maximum absolute atomic E-state index is 10.5. The molecule has 3 heteroatoms. The van der Waals surface area contributed by atoms with E-state index in [9.17, 15) is 5.11 Å². The topological polar surface area (TPSA) is 34.4 Å². The molecule has 1 heterocycles. The predicted molar refractivity (Wildman–Crippen MR) is 89.8 cm³/mol. The first-order valence-electron chi connectivity index (χ1n) is 7.40. The molecule has 1 aromatic heterocycles. The third kappa shape index (κ3) is 2.38. The van der Waals surface area contributed by atoms with E-state index in [-0.39, 0.29) is 0 Å². The summed E-state index contributed by atoms with van der Waals surface area (Å²) in [6, 6.07) is 14.2. The SMILES string of the molecule is COc1ccc2c(C(C)(C)O)cn(-c3ccccc3C)c2c1. The van der Waals surface area contributed by atoms with Crippen LogP contribution >= 0.6 is 0 Å². The number of fused-ring (bicyclic) bond motifs is 1. The fraction of sp³-hybridized carbons (Fsp3) is 0.263. The molecule has 22 heavy (non-hydrogen) atoms. The van der Waals surface area contributed by atoms with Gasteiger partial charge in [0.25, 0.3) is 0 Å². The highest BCUT2D eigenvalue weighted by molar-refractivity contribution is 5.88. The van der Waals surface area contributed by atoms with Gasteiger partial charge >= 0.3 is 0 Å². The van der Waals surface area contributed by atoms with Crippen molar-refractivity contribution in [1.29, 1.82) is 0 Å². The molecule has 0 amide bonds. The number of nitrogens with zero attached hydrogens (tertiary/aromatic N) is 1. The summed E-state index contributed by atoms with van der Waals surface area (Å²) in [4.78, 5) is 0. The van der Waals surface area contributed by atoms with Crippen LogP contribution in [0.4, 0.5) is 0 Å². The van der Waals surface area contributed by atoms with Gasteiger partial charge in [-0.1, -0.05) is 18.2 Å². The Morgan fingerprint density at radius 3 is 2.45 bits per heavy atom. The van der Waals surface area contributed by atoms with E-state index in [4.69, 9.17) is 4.74 Å². The molecule has 0 fully saturated rings. The zero-order valence-corrected chi connectivity index (χ0v) is 13.4. The van der Waals surface area contributed by atoms with Gasteiger partial charge in [0.05, 0.1) is 18.2 Å². The Labute approximate surface area is 130 Å². The van der Waals surface area contributed by atoms with Gasteiger partial charge in [0, 0.05) is 28.9 Å². The highest BCUT2D eigenvalue weighted by Gasteiger charge is 2.23. The monoisotopic (exact) mass is 295 g/mol. The summed E-state index contributed by atoms with van der Waals surface area (Å²) in [5, 5.41) is 11.5. The van der Waals surface area contributed by atoms with Crippen molar-refractivity contribution in [2.45, 2.75) is 26.4 Å². The van der Waals surface area contributed by atoms with Crippen LogP contribution in [0, 0.1) is 6.92 Å². The zero-order valence-electron chi connectivity index (χ0n) is 13.4. The molecule has 0 saturated heterocycles. The number of aliphatic hydroxyl groups is 1. The van der Waals surface area contributed by atoms with E-state index in [1.807, 2.05) is 50.4 Å². The molecule has 0 unspecified atom stereocenters. The van der Waals surface area contributed by atoms with Crippen LogP contribution in [0.5, 0.6) is 5.75 Å². The van der Waals surface area contributed by atoms with E-state index in [0.717, 1.165) is 27.9 Å². The van der Waals surface area contributed by atoms with E-state index in [1.54, 1.807) is 7.11 Å². The van der Waals surface area contributed by atoms with Crippen molar-refractivity contribution >= 4 is 10.9 Å². The summed E-state index contributed by atoms with van der Waals surface area (Å²) in [7, 11) is 1.67. The predicted octanol–water partition coefficient (Wildman–Crippen LogP) is 4.17. The summed E-state index contributed by atoms with van der Waals surface area (Å²) < 4.78 is 7.49. The second kappa shape index (κ2) is 5.18. The molecule has 0 aliphatic carbocycles. The van der Waals surface area contributed by atoms with E-state index in [1.165, 1.54) is 5.56 Å². The minimum Gasteiger partial charge on any atom is -0.497 e. The molecule has 0 bridgehead atoms. The summed E-state index contributed by atoms with van der Waals surface area (Å²) in [6.45, 7) is 5.72. The zero-order chi connectivity index (χ0) is 15.9. The molecule has 114 valence electrons. The molecular formula is C19H21NO2. The lowest BCUT2D eigenvalue weighted by Gasteiger charge is -2.16. The number of hydrogen-bond acceptors (Lipinski definition) is 2. The third-order valence-electron chi connectivity index (χ3n) is 4.05. The average Bonchev–Trinajstić information content (AvgIpc) is 2.86. The molecule has 0 aliphatic heterocycles. The van der Waals surface area contributed by atoms with E-state index in [0.29, 0.717) is 0 Å². The van der Waals surface area contributed by atoms with E-state index < -0.39 is 5.60 Å². The number of benzene rings is 2. The van der Waals surface area contributed by atoms with Crippen LogP contribution in [-0.2, 0) is 5.60 Å². The lowest BCUT2D eigenvalue weighted by Crippen LogP contribution is -2.14. The lowest BCUT2D eigenvalue weighted by atomic mass is 9.98. The summed E-state index contributed by atoms with van der Waals surface area (Å²) in [5.74, 6) is 0.808. The van der Waals surface area contributed by atoms with Crippen molar-refractivity contribution in [2.24, 2.45) is 0 Å². The first-order valence-corrected chi connectivity index (χ1v) is 7.40. The number of aromatic nitrogens is 1. The Kier molecular flexibility index (Phi) is 3.45. The third-order valence-corrected chi connectivity index (χ3v) is 4.05. The molecule has 0 atom stereocenters. The minimum absolute atomic E-state index is 0.808. The molecule has 0 radical (unpaired) electrons. The van der Waals surface area contributed by atoms with Crippen LogP contribution in [0.3, 0.4) is 0 Å². The molecule has 1 N–H and O–H groups in total. The van der Waals surface area contributed by atoms with Crippen molar-refractivity contribution in [3.63, 3.8) is 0 Å². The number of ether oxygens (including phenoxy) is 1. The van der Waals surface area contributed by atoms with Crippen LogP contribution in [0.2, 0.25) is 0 Å². The molecule has 3 rings (SSSR count). The number of aryl methyl sites for hydroxylation is 1. The Morgan fingerprint density at radius 1 is 1.09 bits per heavy atom. The van der Waals surface area contributed by atoms with E-state index >= 15 is 0 Å². The molecule has 3 aromatic rings. The fourth-order valence-electron chi connectivity index (χ4n) is 2.85. The molecular weight excluding hydrogens is 274 g/mol. The first kappa shape index (κ1) is 14.7. The number of rotatable bonds is 3. The first-order chi connectivity index (χ1) is 10.4. The van der Waals surface area contributed by atoms with Crippen LogP contribution in [-0.4, -0.2) is 16.8 Å². The van der Waals surface area contributed by atoms with Gasteiger partial charge in [0.1, 0.15) is 5.75 Å². The van der Waals surface area contributed by atoms with Gasteiger partial charge in [-0.15, -0.1) is 0 Å². The van der Waals surface area contributed by atoms with Crippen LogP contribution in [0.25, 0.3) is 16.6 Å². The Morgan fingerprint density at radius 2 is 1.82 bits per heavy atom. The standard InChI is InChI=1S/C19H21NO2/c1-13-7-5-6-8-17(13)20-12-16(19(2,3)21)15-10-9-14(22-4)11-18(15)20/h5-12,21H,1-4H3. The van der Waals surface area contributed by atoms with E-state index in [2.05, 4.69) is 23.6 Å². The van der Waals surface area contributed by atoms with Crippen molar-refractivity contribution in [2.75, 3.05) is 7.11 Å². The van der Waals surface area contributed by atoms with Crippen molar-refractivity contribution < 1.29 is 9.84 Å². The largest absolute Gasteiger partial charge is 0.497 e. The van der Waals surface area contributed by atoms with Gasteiger partial charge in [0.15, 0.2) is 0 Å². The second-order valence-corrected chi connectivity index (χ2v) is 6.14. The number of methoxy groups -OCH3 is 1. The minimum atomic E-state index is -0.902. The molecule has 0 saturated carbocycles. The van der Waals surface area contributed by atoms with Crippen molar-refractivity contribution in [3.05, 3.63) is 59.8 Å². The Balaban J connectivity index is 2.36. The van der Waals surface area contributed by atoms with Gasteiger partial charge in [-0.05, 0) is 44.5 Å². The molecule has 0 spiro atoms. The smallest absolute Gasteiger partial charge is 0.120 e. The summed E-state index contributed by atoms with van der Waals surface area (Å²) in [6.07, 6.45) is 2.02. The summed E-state index contributed by atoms with van der Waals surface area (Å²) >= 11 is 0. The maximum atomic E-state index is 10.5. The highest BCUT2D eigenvalue weighted by atomic mass is 16.5. The molecule has 0 aliphatic rings. The van der Waals surface area contributed by atoms with Gasteiger partial charge < -0.3 is 14.4 Å². The number of hydrogen-bond donors (Lipinski definition) is 1. The van der Waals surface area contributed by atoms with Crippen LogP contribution in [0.15, 0.2) is 48.7 Å². The summed E-state index contributed by atoms with van der Waals surface area (Å²) in [5.41, 5.74) is 3.33. The normalized spacial score (nSPS) is 11.9. The van der Waals surface area contributed by atoms with Gasteiger partial charge in [-0.3, -0.25) is 0 Å². The van der Waals surface area contributed by atoms with Crippen LogP contribution in [0.1, 0.15) is 25.0 Å². The lowest BCUT2D eigenvalue weighted by molar-refractivity contribution is 0.0801. The Hall–Kier alpha value is -2.26. The van der Waals surface area contributed by atoms with Crippen molar-refractivity contribution in [1.82, 2.24) is 4.57 Å². The number of para-hydroxylation sites is 1. The Bertz CT molecular complexity index is 825. The van der Waals surface area contributed by atoms with Gasteiger partial charge in [-0.25, -0.2) is 0 Å². The maximum Gasteiger partial charge on any atom is 0.120 e. The second-order valence-electron chi connectivity index (χ2n) is 6.14. The van der Waals surface area contributed by atoms with Gasteiger partial charge in [0.2, 0.25) is 0 Å². The molecule has 2 aromatic carbocycles. The quantitative estimate of drug-likeness (QED) is 0.786. The fourth-order valence-corrected chi connectivity index (χ4v) is 2.85. The van der Waals surface area contributed by atoms with Crippen LogP contribution < -0.4 is 4.74 Å². The van der Waals surface area contributed by atoms with Gasteiger partial charge in [-0.2, -0.15) is 0 Å². The van der Waals surface area contributed by atoms with Crippen molar-refractivity contribution in [3.8, 4) is 11.4 Å². The molecule has 3 nitrogen and oxygen atoms in total. The average molecular weight is 295 g/mol.